The first kappa shape index (κ1) is 14.3. The number of nitrogens with zero attached hydrogens (tertiary/aromatic N) is 1. The average Bonchev–Trinajstić information content (AvgIpc) is 2.52. The Bertz CT molecular complexity index is 476. The van der Waals surface area contributed by atoms with Crippen molar-refractivity contribution in [1.29, 1.82) is 0 Å². The molecule has 19 heavy (non-hydrogen) atoms. The lowest BCUT2D eigenvalue weighted by Crippen LogP contribution is -2.29. The molecule has 1 heterocycles. The second-order valence-corrected chi connectivity index (χ2v) is 5.19. The van der Waals surface area contributed by atoms with Gasteiger partial charge in [0, 0.05) is 12.6 Å². The van der Waals surface area contributed by atoms with Gasteiger partial charge in [-0.25, -0.2) is 4.39 Å². The molecule has 1 N–H and O–H groups in total. The van der Waals surface area contributed by atoms with Crippen LogP contribution in [0.5, 0.6) is 0 Å². The van der Waals surface area contributed by atoms with Gasteiger partial charge in [-0.1, -0.05) is 6.07 Å². The van der Waals surface area contributed by atoms with Crippen LogP contribution in [0.2, 0.25) is 0 Å². The molecule has 0 spiro atoms. The molecule has 1 aliphatic rings. The van der Waals surface area contributed by atoms with E-state index >= 15 is 0 Å². The number of halogens is 4. The monoisotopic (exact) mass is 277 g/mol. The molecule has 0 aliphatic carbocycles. The van der Waals surface area contributed by atoms with Crippen LogP contribution in [0.25, 0.3) is 0 Å². The summed E-state index contributed by atoms with van der Waals surface area (Å²) < 4.78 is 50.9. The number of hydrogen-bond acceptors (Lipinski definition) is 2. The molecule has 1 fully saturated rings. The maximum atomic E-state index is 13.5. The molecular weight excluding hydrogens is 262 g/mol. The van der Waals surface area contributed by atoms with Gasteiger partial charge in [-0.3, -0.25) is 0 Å². The minimum Gasteiger partial charge on any atom is -0.384 e. The van der Waals surface area contributed by atoms with E-state index in [2.05, 4.69) is 0 Å². The lowest BCUT2D eigenvalue weighted by atomic mass is 9.90. The fraction of sp³-hybridized carbons (Fsp3) is 0.538. The Balaban J connectivity index is 2.36. The Kier molecular flexibility index (Phi) is 3.35. The fourth-order valence-corrected chi connectivity index (χ4v) is 2.52. The Hall–Kier alpha value is -1.14. The molecule has 2 atom stereocenters. The van der Waals surface area contributed by atoms with Crippen LogP contribution >= 0.6 is 0 Å². The van der Waals surface area contributed by atoms with Crippen molar-refractivity contribution in [1.82, 2.24) is 4.90 Å². The highest BCUT2D eigenvalue weighted by Crippen LogP contribution is 2.38. The van der Waals surface area contributed by atoms with Crippen LogP contribution in [-0.2, 0) is 11.8 Å². The van der Waals surface area contributed by atoms with Gasteiger partial charge in [0.25, 0.3) is 0 Å². The highest BCUT2D eigenvalue weighted by atomic mass is 19.4. The first-order chi connectivity index (χ1) is 8.63. The van der Waals surface area contributed by atoms with Gasteiger partial charge in [0.1, 0.15) is 11.4 Å². The number of aliphatic hydroxyl groups is 1. The van der Waals surface area contributed by atoms with E-state index in [0.717, 1.165) is 12.1 Å². The van der Waals surface area contributed by atoms with Gasteiger partial charge in [-0.05, 0) is 38.1 Å². The van der Waals surface area contributed by atoms with E-state index in [1.807, 2.05) is 18.9 Å². The normalized spacial score (nSPS) is 28.9. The summed E-state index contributed by atoms with van der Waals surface area (Å²) in [5, 5.41) is 10.4. The number of benzene rings is 1. The highest BCUT2D eigenvalue weighted by molar-refractivity contribution is 5.31. The van der Waals surface area contributed by atoms with Crippen LogP contribution < -0.4 is 0 Å². The predicted molar refractivity (Wildman–Crippen MR) is 62.0 cm³/mol. The van der Waals surface area contributed by atoms with Gasteiger partial charge in [-0.2, -0.15) is 13.2 Å². The summed E-state index contributed by atoms with van der Waals surface area (Å²) in [6.45, 7) is 2.18. The molecular formula is C13H15F4NO. The maximum Gasteiger partial charge on any atom is 0.419 e. The molecule has 0 bridgehead atoms. The van der Waals surface area contributed by atoms with Crippen molar-refractivity contribution in [3.8, 4) is 0 Å². The van der Waals surface area contributed by atoms with E-state index in [1.54, 1.807) is 0 Å². The molecule has 1 saturated heterocycles. The standard InChI is InChI=1S/C13H15F4NO/c1-8-6-12(19,7-18(8)2)9-3-4-10(11(14)5-9)13(15,16)17/h3-5,8,19H,6-7H2,1-2H3. The summed E-state index contributed by atoms with van der Waals surface area (Å²) in [5.41, 5.74) is -2.41. The zero-order valence-corrected chi connectivity index (χ0v) is 10.6. The highest BCUT2D eigenvalue weighted by Gasteiger charge is 2.42. The minimum atomic E-state index is -4.72. The molecule has 2 nitrogen and oxygen atoms in total. The van der Waals surface area contributed by atoms with Crippen molar-refractivity contribution in [2.45, 2.75) is 31.2 Å². The SMILES string of the molecule is CC1CC(O)(c2ccc(C(F)(F)F)c(F)c2)CN1C. The first-order valence-corrected chi connectivity index (χ1v) is 5.93. The zero-order chi connectivity index (χ0) is 14.4. The molecule has 106 valence electrons. The third-order valence-corrected chi connectivity index (χ3v) is 3.71. The molecule has 1 aliphatic heterocycles. The first-order valence-electron chi connectivity index (χ1n) is 5.93. The van der Waals surface area contributed by atoms with Crippen LogP contribution in [0, 0.1) is 5.82 Å². The summed E-state index contributed by atoms with van der Waals surface area (Å²) in [5.74, 6) is -1.35. The molecule has 0 radical (unpaired) electrons. The van der Waals surface area contributed by atoms with E-state index in [1.165, 1.54) is 0 Å². The van der Waals surface area contributed by atoms with E-state index in [9.17, 15) is 22.7 Å². The summed E-state index contributed by atoms with van der Waals surface area (Å²) in [6, 6.07) is 2.72. The fourth-order valence-electron chi connectivity index (χ4n) is 2.52. The van der Waals surface area contributed by atoms with Crippen LogP contribution in [0.1, 0.15) is 24.5 Å². The maximum absolute atomic E-state index is 13.5. The van der Waals surface area contributed by atoms with Crippen molar-refractivity contribution in [3.05, 3.63) is 35.1 Å². The summed E-state index contributed by atoms with van der Waals surface area (Å²) in [6.07, 6.45) is -4.35. The molecule has 1 aromatic rings. The van der Waals surface area contributed by atoms with Gasteiger partial charge < -0.3 is 10.0 Å². The smallest absolute Gasteiger partial charge is 0.384 e. The number of β-amino-alcohol motifs (C(OH)–C–C–N with tert-alkyl or cyclic N) is 1. The zero-order valence-electron chi connectivity index (χ0n) is 10.6. The number of likely N-dealkylation sites (tertiary alicyclic amines) is 1. The Labute approximate surface area is 108 Å². The second kappa shape index (κ2) is 4.45. The van der Waals surface area contributed by atoms with Crippen LogP contribution in [0.4, 0.5) is 17.6 Å². The number of rotatable bonds is 1. The summed E-state index contributed by atoms with van der Waals surface area (Å²) in [7, 11) is 1.81. The Morgan fingerprint density at radius 1 is 1.37 bits per heavy atom. The molecule has 0 aromatic heterocycles. The van der Waals surface area contributed by atoms with Gasteiger partial charge in [-0.15, -0.1) is 0 Å². The lowest BCUT2D eigenvalue weighted by Gasteiger charge is -2.23. The third-order valence-electron chi connectivity index (χ3n) is 3.71. The predicted octanol–water partition coefficient (Wildman–Crippen LogP) is 2.76. The summed E-state index contributed by atoms with van der Waals surface area (Å²) in [4.78, 5) is 1.88. The Morgan fingerprint density at radius 2 is 2.00 bits per heavy atom. The largest absolute Gasteiger partial charge is 0.419 e. The average molecular weight is 277 g/mol. The van der Waals surface area contributed by atoms with E-state index < -0.39 is 23.2 Å². The van der Waals surface area contributed by atoms with Gasteiger partial charge >= 0.3 is 6.18 Å². The quantitative estimate of drug-likeness (QED) is 0.798. The van der Waals surface area contributed by atoms with Gasteiger partial charge in [0.2, 0.25) is 0 Å². The minimum absolute atomic E-state index is 0.0929. The van der Waals surface area contributed by atoms with Crippen LogP contribution in [0.15, 0.2) is 18.2 Å². The van der Waals surface area contributed by atoms with Gasteiger partial charge in [0.05, 0.1) is 5.56 Å². The second-order valence-electron chi connectivity index (χ2n) is 5.19. The molecule has 6 heteroatoms. The van der Waals surface area contributed by atoms with E-state index in [0.29, 0.717) is 12.5 Å². The summed E-state index contributed by atoms with van der Waals surface area (Å²) >= 11 is 0. The molecule has 2 rings (SSSR count). The van der Waals surface area contributed by atoms with Gasteiger partial charge in [0.15, 0.2) is 0 Å². The van der Waals surface area contributed by atoms with Crippen molar-refractivity contribution >= 4 is 0 Å². The van der Waals surface area contributed by atoms with Crippen molar-refractivity contribution < 1.29 is 22.7 Å². The topological polar surface area (TPSA) is 23.5 Å². The lowest BCUT2D eigenvalue weighted by molar-refractivity contribution is -0.140. The Morgan fingerprint density at radius 3 is 2.42 bits per heavy atom. The van der Waals surface area contributed by atoms with Crippen molar-refractivity contribution in [3.63, 3.8) is 0 Å². The van der Waals surface area contributed by atoms with Crippen LogP contribution in [0.3, 0.4) is 0 Å². The van der Waals surface area contributed by atoms with Crippen LogP contribution in [-0.4, -0.2) is 29.6 Å². The van der Waals surface area contributed by atoms with E-state index in [4.69, 9.17) is 0 Å². The third kappa shape index (κ3) is 2.60. The molecule has 0 amide bonds. The number of alkyl halides is 3. The molecule has 1 aromatic carbocycles. The number of hydrogen-bond donors (Lipinski definition) is 1. The number of likely N-dealkylation sites (N-methyl/N-ethyl adjacent to an activating group) is 1. The molecule has 0 saturated carbocycles. The van der Waals surface area contributed by atoms with E-state index in [-0.39, 0.29) is 18.2 Å². The molecule has 2 unspecified atom stereocenters. The van der Waals surface area contributed by atoms with Crippen molar-refractivity contribution in [2.75, 3.05) is 13.6 Å². The van der Waals surface area contributed by atoms with Crippen molar-refractivity contribution in [2.24, 2.45) is 0 Å².